The molecule has 3 aromatic carbocycles. The molecule has 1 unspecified atom stereocenters. The van der Waals surface area contributed by atoms with Crippen molar-refractivity contribution in [3.8, 4) is 28.3 Å². The van der Waals surface area contributed by atoms with Gasteiger partial charge in [0.1, 0.15) is 18.0 Å². The smallest absolute Gasteiger partial charge is 0.415 e. The summed E-state index contributed by atoms with van der Waals surface area (Å²) in [5, 5.41) is 9.19. The number of anilines is 1. The van der Waals surface area contributed by atoms with Crippen LogP contribution in [-0.4, -0.2) is 34.4 Å². The van der Waals surface area contributed by atoms with Gasteiger partial charge in [0, 0.05) is 17.2 Å². The average Bonchev–Trinajstić information content (AvgIpc) is 3.32. The van der Waals surface area contributed by atoms with Crippen LogP contribution in [0, 0.1) is 0 Å². The van der Waals surface area contributed by atoms with Gasteiger partial charge in [0.15, 0.2) is 11.9 Å². The molecule has 0 saturated heterocycles. The number of benzene rings is 3. The molecule has 4 aromatic rings. The summed E-state index contributed by atoms with van der Waals surface area (Å²) in [6.45, 7) is 4.94. The standard InChI is InChI=1S/C29H28N2O6/c1-19(2)35-29(34)31(23-15-10-16-24(17-23)36-20(3)28(32)33)18-25-30-26(21-11-6-4-7-12-21)27(37-25)22-13-8-5-9-14-22/h4-17,19-20H,18H2,1-3H3,(H,32,33). The summed E-state index contributed by atoms with van der Waals surface area (Å²) >= 11 is 0. The van der Waals surface area contributed by atoms with Gasteiger partial charge in [-0.1, -0.05) is 66.7 Å². The zero-order valence-corrected chi connectivity index (χ0v) is 20.8. The number of carboxylic acids is 1. The third-order valence-electron chi connectivity index (χ3n) is 5.39. The Bertz CT molecular complexity index is 1290. The van der Waals surface area contributed by atoms with E-state index in [0.29, 0.717) is 28.8 Å². The zero-order valence-electron chi connectivity index (χ0n) is 20.8. The zero-order chi connectivity index (χ0) is 26.4. The maximum Gasteiger partial charge on any atom is 0.415 e. The van der Waals surface area contributed by atoms with Crippen LogP contribution in [0.15, 0.2) is 89.3 Å². The van der Waals surface area contributed by atoms with Crippen LogP contribution in [0.4, 0.5) is 10.5 Å². The number of oxazole rings is 1. The second-order valence-electron chi connectivity index (χ2n) is 8.63. The predicted molar refractivity (Wildman–Crippen MR) is 139 cm³/mol. The van der Waals surface area contributed by atoms with Crippen LogP contribution < -0.4 is 9.64 Å². The fourth-order valence-corrected chi connectivity index (χ4v) is 3.65. The molecule has 0 radical (unpaired) electrons. The number of carboxylic acid groups (broad SMARTS) is 1. The van der Waals surface area contributed by atoms with Gasteiger partial charge >= 0.3 is 12.1 Å². The Morgan fingerprint density at radius 1 is 0.919 bits per heavy atom. The van der Waals surface area contributed by atoms with Crippen molar-refractivity contribution >= 4 is 17.7 Å². The Morgan fingerprint density at radius 2 is 1.57 bits per heavy atom. The first-order valence-corrected chi connectivity index (χ1v) is 11.9. The van der Waals surface area contributed by atoms with Crippen molar-refractivity contribution in [2.75, 3.05) is 4.90 Å². The summed E-state index contributed by atoms with van der Waals surface area (Å²) in [5.41, 5.74) is 2.84. The molecule has 1 amide bonds. The minimum Gasteiger partial charge on any atom is -0.479 e. The molecule has 8 heteroatoms. The van der Waals surface area contributed by atoms with Crippen molar-refractivity contribution in [1.29, 1.82) is 0 Å². The molecular formula is C29H28N2O6. The van der Waals surface area contributed by atoms with E-state index in [4.69, 9.17) is 18.9 Å². The van der Waals surface area contributed by atoms with Crippen LogP contribution in [-0.2, 0) is 16.1 Å². The number of aliphatic carboxylic acids is 1. The first kappa shape index (κ1) is 25.5. The molecule has 8 nitrogen and oxygen atoms in total. The van der Waals surface area contributed by atoms with E-state index >= 15 is 0 Å². The van der Waals surface area contributed by atoms with Gasteiger partial charge in [0.25, 0.3) is 0 Å². The summed E-state index contributed by atoms with van der Waals surface area (Å²) in [6, 6.07) is 25.9. The van der Waals surface area contributed by atoms with Gasteiger partial charge < -0.3 is 19.0 Å². The first-order valence-electron chi connectivity index (χ1n) is 11.9. The van der Waals surface area contributed by atoms with Crippen molar-refractivity contribution in [1.82, 2.24) is 4.98 Å². The Hall–Kier alpha value is -4.59. The Kier molecular flexibility index (Phi) is 7.88. The van der Waals surface area contributed by atoms with Crippen LogP contribution >= 0.6 is 0 Å². The highest BCUT2D eigenvalue weighted by Gasteiger charge is 2.25. The van der Waals surface area contributed by atoms with Gasteiger partial charge in [0.2, 0.25) is 5.89 Å². The quantitative estimate of drug-likeness (QED) is 0.283. The van der Waals surface area contributed by atoms with Crippen molar-refractivity contribution in [2.45, 2.75) is 39.5 Å². The second kappa shape index (κ2) is 11.4. The van der Waals surface area contributed by atoms with Crippen LogP contribution in [0.5, 0.6) is 5.75 Å². The summed E-state index contributed by atoms with van der Waals surface area (Å²) in [4.78, 5) is 30.5. The van der Waals surface area contributed by atoms with Crippen molar-refractivity contribution in [3.05, 3.63) is 90.8 Å². The van der Waals surface area contributed by atoms with Gasteiger partial charge in [-0.05, 0) is 32.9 Å². The van der Waals surface area contributed by atoms with Crippen LogP contribution in [0.1, 0.15) is 26.7 Å². The number of carbonyl (C=O) groups is 2. The fourth-order valence-electron chi connectivity index (χ4n) is 3.65. The van der Waals surface area contributed by atoms with E-state index < -0.39 is 18.2 Å². The summed E-state index contributed by atoms with van der Waals surface area (Å²) in [7, 11) is 0. The number of aromatic nitrogens is 1. The Balaban J connectivity index is 1.73. The molecule has 1 heterocycles. The molecule has 1 atom stereocenters. The van der Waals surface area contributed by atoms with Gasteiger partial charge in [-0.3, -0.25) is 4.90 Å². The monoisotopic (exact) mass is 500 g/mol. The van der Waals surface area contributed by atoms with E-state index in [9.17, 15) is 14.7 Å². The maximum atomic E-state index is 13.1. The normalized spacial score (nSPS) is 11.7. The van der Waals surface area contributed by atoms with Crippen LogP contribution in [0.25, 0.3) is 22.6 Å². The largest absolute Gasteiger partial charge is 0.479 e. The lowest BCUT2D eigenvalue weighted by atomic mass is 10.1. The lowest BCUT2D eigenvalue weighted by molar-refractivity contribution is -0.144. The topological polar surface area (TPSA) is 102 Å². The molecule has 0 aliphatic rings. The minimum atomic E-state index is -1.09. The second-order valence-corrected chi connectivity index (χ2v) is 8.63. The fraction of sp³-hybridized carbons (Fsp3) is 0.207. The van der Waals surface area contributed by atoms with E-state index in [1.54, 1.807) is 38.1 Å². The molecule has 0 aliphatic carbocycles. The summed E-state index contributed by atoms with van der Waals surface area (Å²) < 4.78 is 17.2. The number of rotatable bonds is 9. The molecule has 0 fully saturated rings. The SMILES string of the molecule is CC(C)OC(=O)N(Cc1nc(-c2ccccc2)c(-c2ccccc2)o1)c1cccc(OC(C)C(=O)O)c1. The highest BCUT2D eigenvalue weighted by atomic mass is 16.6. The summed E-state index contributed by atoms with van der Waals surface area (Å²) in [6.07, 6.45) is -2.01. The van der Waals surface area contributed by atoms with E-state index in [1.165, 1.54) is 11.8 Å². The van der Waals surface area contributed by atoms with Crippen molar-refractivity contribution in [3.63, 3.8) is 0 Å². The molecule has 190 valence electrons. The lowest BCUT2D eigenvalue weighted by Crippen LogP contribution is -2.33. The molecule has 37 heavy (non-hydrogen) atoms. The van der Waals surface area contributed by atoms with E-state index in [-0.39, 0.29) is 12.6 Å². The van der Waals surface area contributed by atoms with Crippen molar-refractivity contribution in [2.24, 2.45) is 0 Å². The first-order chi connectivity index (χ1) is 17.8. The highest BCUT2D eigenvalue weighted by Crippen LogP contribution is 2.34. The third-order valence-corrected chi connectivity index (χ3v) is 5.39. The van der Waals surface area contributed by atoms with Crippen LogP contribution in [0.3, 0.4) is 0 Å². The minimum absolute atomic E-state index is 0.0177. The number of hydrogen-bond donors (Lipinski definition) is 1. The predicted octanol–water partition coefficient (Wildman–Crippen LogP) is 6.41. The Morgan fingerprint density at radius 3 is 2.19 bits per heavy atom. The van der Waals surface area contributed by atoms with Gasteiger partial charge in [-0.15, -0.1) is 0 Å². The highest BCUT2D eigenvalue weighted by molar-refractivity contribution is 5.88. The Labute approximate surface area is 215 Å². The summed E-state index contributed by atoms with van der Waals surface area (Å²) in [5.74, 6) is 0.107. The van der Waals surface area contributed by atoms with Crippen molar-refractivity contribution < 1.29 is 28.6 Å². The van der Waals surface area contributed by atoms with E-state index in [1.807, 2.05) is 60.7 Å². The molecule has 0 aliphatic heterocycles. The molecule has 1 aromatic heterocycles. The van der Waals surface area contributed by atoms with E-state index in [0.717, 1.165) is 11.1 Å². The average molecular weight is 501 g/mol. The van der Waals surface area contributed by atoms with Gasteiger partial charge in [0.05, 0.1) is 11.8 Å². The number of carbonyl (C=O) groups excluding carboxylic acids is 1. The molecule has 0 spiro atoms. The molecule has 0 saturated carbocycles. The van der Waals surface area contributed by atoms with Gasteiger partial charge in [-0.25, -0.2) is 14.6 Å². The number of hydrogen-bond acceptors (Lipinski definition) is 6. The maximum absolute atomic E-state index is 13.1. The molecular weight excluding hydrogens is 472 g/mol. The molecule has 0 bridgehead atoms. The lowest BCUT2D eigenvalue weighted by Gasteiger charge is -2.23. The third kappa shape index (κ3) is 6.35. The number of amides is 1. The van der Waals surface area contributed by atoms with Gasteiger partial charge in [-0.2, -0.15) is 0 Å². The van der Waals surface area contributed by atoms with E-state index in [2.05, 4.69) is 0 Å². The van der Waals surface area contributed by atoms with Crippen LogP contribution in [0.2, 0.25) is 0 Å². The molecule has 4 rings (SSSR count). The number of nitrogens with zero attached hydrogens (tertiary/aromatic N) is 2. The molecule has 1 N–H and O–H groups in total. The number of ether oxygens (including phenoxy) is 2.